The molecule has 286 valence electrons. The number of halogens is 5. The van der Waals surface area contributed by atoms with Crippen molar-refractivity contribution in [2.24, 2.45) is 23.7 Å². The van der Waals surface area contributed by atoms with E-state index in [0.29, 0.717) is 66.9 Å². The number of aromatic nitrogens is 4. The van der Waals surface area contributed by atoms with Crippen LogP contribution in [-0.4, -0.2) is 67.2 Å². The number of benzene rings is 1. The number of piperidine rings is 1. The molecule has 4 unspecified atom stereocenters. The first kappa shape index (κ1) is 36.2. The molecule has 1 amide bonds. The molecule has 4 aliphatic rings. The SMILES string of the molecule is CC1CC2CC(C1)C(NC(=O)c1ccc(-c3cn(CC4CC(F)(F)C4)c4cc(OC5CCN(c6ncccn6)CC5)ccc34)nc1C(F)(F)F)(C(=O)O)C2. The molecule has 0 spiro atoms. The van der Waals surface area contributed by atoms with Crippen LogP contribution in [0.1, 0.15) is 74.3 Å². The fourth-order valence-corrected chi connectivity index (χ4v) is 9.40. The largest absolute Gasteiger partial charge is 0.490 e. The molecule has 15 heteroatoms. The van der Waals surface area contributed by atoms with E-state index in [9.17, 15) is 36.6 Å². The fraction of sp³-hybridized carbons (Fsp3) is 0.513. The maximum Gasteiger partial charge on any atom is 0.434 e. The zero-order chi connectivity index (χ0) is 38.0. The summed E-state index contributed by atoms with van der Waals surface area (Å²) in [4.78, 5) is 40.9. The van der Waals surface area contributed by atoms with E-state index in [2.05, 4.69) is 25.2 Å². The van der Waals surface area contributed by atoms with Crippen LogP contribution >= 0.6 is 0 Å². The zero-order valence-electron chi connectivity index (χ0n) is 29.7. The van der Waals surface area contributed by atoms with E-state index in [1.54, 1.807) is 47.4 Å². The van der Waals surface area contributed by atoms with Crippen LogP contribution < -0.4 is 15.0 Å². The number of ether oxygens (including phenoxy) is 1. The van der Waals surface area contributed by atoms with Crippen LogP contribution in [-0.2, 0) is 17.5 Å². The lowest BCUT2D eigenvalue weighted by Crippen LogP contribution is -2.57. The van der Waals surface area contributed by atoms with E-state index in [1.165, 1.54) is 6.07 Å². The van der Waals surface area contributed by atoms with Gasteiger partial charge in [0.25, 0.3) is 5.91 Å². The van der Waals surface area contributed by atoms with Crippen LogP contribution in [0.3, 0.4) is 0 Å². The summed E-state index contributed by atoms with van der Waals surface area (Å²) in [5.41, 5.74) is -3.00. The Morgan fingerprint density at radius 2 is 1.76 bits per heavy atom. The molecule has 1 saturated heterocycles. The normalized spacial score (nSPS) is 25.7. The molecule has 2 bridgehead atoms. The van der Waals surface area contributed by atoms with Gasteiger partial charge in [0, 0.05) is 80.9 Å². The molecule has 1 aromatic carbocycles. The van der Waals surface area contributed by atoms with Crippen LogP contribution in [0.5, 0.6) is 5.75 Å². The van der Waals surface area contributed by atoms with Gasteiger partial charge in [0.2, 0.25) is 11.9 Å². The molecule has 3 saturated carbocycles. The predicted octanol–water partition coefficient (Wildman–Crippen LogP) is 7.61. The molecule has 3 aromatic heterocycles. The average Bonchev–Trinajstić information content (AvgIpc) is 3.60. The van der Waals surface area contributed by atoms with E-state index in [0.717, 1.165) is 12.5 Å². The number of fused-ring (bicyclic) bond motifs is 3. The Hall–Kier alpha value is -4.82. The van der Waals surface area contributed by atoms with Crippen LogP contribution in [0.25, 0.3) is 22.2 Å². The maximum atomic E-state index is 14.7. The van der Waals surface area contributed by atoms with Gasteiger partial charge in [-0.3, -0.25) is 4.79 Å². The summed E-state index contributed by atoms with van der Waals surface area (Å²) in [6, 6.07) is 9.35. The Morgan fingerprint density at radius 1 is 1.02 bits per heavy atom. The molecule has 54 heavy (non-hydrogen) atoms. The van der Waals surface area contributed by atoms with E-state index < -0.39 is 40.8 Å². The zero-order valence-corrected chi connectivity index (χ0v) is 29.7. The summed E-state index contributed by atoms with van der Waals surface area (Å²) in [7, 11) is 0. The third-order valence-electron chi connectivity index (χ3n) is 11.8. The van der Waals surface area contributed by atoms with Gasteiger partial charge in [0.05, 0.1) is 16.8 Å². The highest BCUT2D eigenvalue weighted by Gasteiger charge is 2.56. The Balaban J connectivity index is 1.09. The molecule has 4 fully saturated rings. The first-order chi connectivity index (χ1) is 25.7. The number of hydrogen-bond acceptors (Lipinski definition) is 7. The molecular weight excluding hydrogens is 711 g/mol. The summed E-state index contributed by atoms with van der Waals surface area (Å²) in [6.45, 7) is 3.61. The highest BCUT2D eigenvalue weighted by Crippen LogP contribution is 2.51. The number of amides is 1. The van der Waals surface area contributed by atoms with Gasteiger partial charge < -0.3 is 24.6 Å². The Morgan fingerprint density at radius 3 is 2.44 bits per heavy atom. The third-order valence-corrected chi connectivity index (χ3v) is 11.8. The van der Waals surface area contributed by atoms with Crippen molar-refractivity contribution in [3.05, 3.63) is 66.2 Å². The van der Waals surface area contributed by atoms with Gasteiger partial charge in [-0.2, -0.15) is 13.2 Å². The summed E-state index contributed by atoms with van der Waals surface area (Å²) in [5.74, 6) is -4.36. The standard InChI is InChI=1S/C39H41F5N6O4/c1-22-13-23-15-25(14-22)38(19-23,35(52)53)48-34(51)29-5-6-31(47-33(29)39(42,43)44)30-21-50(20-24-17-37(40,41)18-24)32-16-27(3-4-28(30)32)54-26-7-11-49(12-8-26)36-45-9-2-10-46-36/h2-6,9-10,16,21-26H,7-8,11-15,17-20H2,1H3,(H,48,51)(H,52,53). The quantitative estimate of drug-likeness (QED) is 0.168. The van der Waals surface area contributed by atoms with Gasteiger partial charge in [-0.05, 0) is 79.7 Å². The number of carbonyl (C=O) groups excluding carboxylic acids is 1. The van der Waals surface area contributed by atoms with Crippen molar-refractivity contribution < 1.29 is 41.4 Å². The number of anilines is 1. The van der Waals surface area contributed by atoms with Crippen molar-refractivity contribution in [1.29, 1.82) is 0 Å². The van der Waals surface area contributed by atoms with Gasteiger partial charge >= 0.3 is 12.1 Å². The summed E-state index contributed by atoms with van der Waals surface area (Å²) in [5, 5.41) is 13.4. The van der Waals surface area contributed by atoms with Gasteiger partial charge in [-0.15, -0.1) is 0 Å². The van der Waals surface area contributed by atoms with Gasteiger partial charge in [0.15, 0.2) is 5.69 Å². The Bertz CT molecular complexity index is 2060. The van der Waals surface area contributed by atoms with E-state index >= 15 is 0 Å². The third kappa shape index (κ3) is 6.85. The lowest BCUT2D eigenvalue weighted by molar-refractivity contribution is -0.146. The Labute approximate surface area is 308 Å². The van der Waals surface area contributed by atoms with Crippen LogP contribution in [0.2, 0.25) is 0 Å². The van der Waals surface area contributed by atoms with Crippen molar-refractivity contribution in [3.8, 4) is 17.0 Å². The maximum absolute atomic E-state index is 14.7. The smallest absolute Gasteiger partial charge is 0.434 e. The average molecular weight is 753 g/mol. The van der Waals surface area contributed by atoms with E-state index in [-0.39, 0.29) is 61.3 Å². The topological polar surface area (TPSA) is 122 Å². The van der Waals surface area contributed by atoms with E-state index in [4.69, 9.17) is 4.74 Å². The molecule has 1 aliphatic heterocycles. The lowest BCUT2D eigenvalue weighted by atomic mass is 9.78. The number of nitrogens with one attached hydrogen (secondary N) is 1. The molecule has 0 radical (unpaired) electrons. The Kier molecular flexibility index (Phi) is 9.03. The van der Waals surface area contributed by atoms with Crippen molar-refractivity contribution >= 4 is 28.7 Å². The van der Waals surface area contributed by atoms with Crippen LogP contribution in [0.15, 0.2) is 55.0 Å². The van der Waals surface area contributed by atoms with Gasteiger partial charge in [-0.1, -0.05) is 6.92 Å². The second-order valence-corrected chi connectivity index (χ2v) is 15.8. The van der Waals surface area contributed by atoms with Crippen molar-refractivity contribution in [2.75, 3.05) is 18.0 Å². The molecule has 10 nitrogen and oxygen atoms in total. The highest BCUT2D eigenvalue weighted by molar-refractivity contribution is 6.00. The molecule has 4 heterocycles. The first-order valence-electron chi connectivity index (χ1n) is 18.5. The first-order valence-corrected chi connectivity index (χ1v) is 18.5. The van der Waals surface area contributed by atoms with Gasteiger partial charge in [-0.25, -0.2) is 28.5 Å². The summed E-state index contributed by atoms with van der Waals surface area (Å²) >= 11 is 0. The van der Waals surface area contributed by atoms with Crippen molar-refractivity contribution in [1.82, 2.24) is 24.8 Å². The number of aliphatic carboxylic acids is 1. The number of hydrogen-bond donors (Lipinski definition) is 2. The second-order valence-electron chi connectivity index (χ2n) is 15.8. The number of alkyl halides is 5. The fourth-order valence-electron chi connectivity index (χ4n) is 9.40. The highest BCUT2D eigenvalue weighted by atomic mass is 19.4. The molecule has 8 rings (SSSR count). The number of rotatable bonds is 9. The van der Waals surface area contributed by atoms with Crippen LogP contribution in [0, 0.1) is 23.7 Å². The number of carboxylic acids is 1. The van der Waals surface area contributed by atoms with Crippen LogP contribution in [0.4, 0.5) is 27.9 Å². The summed E-state index contributed by atoms with van der Waals surface area (Å²) < 4.78 is 79.9. The molecular formula is C39H41F5N6O4. The molecule has 2 N–H and O–H groups in total. The molecule has 3 aliphatic carbocycles. The van der Waals surface area contributed by atoms with E-state index in [1.807, 2.05) is 6.92 Å². The van der Waals surface area contributed by atoms with Gasteiger partial charge in [0.1, 0.15) is 17.4 Å². The number of carbonyl (C=O) groups is 2. The minimum Gasteiger partial charge on any atom is -0.490 e. The molecule has 4 atom stereocenters. The minimum atomic E-state index is -5.04. The predicted molar refractivity (Wildman–Crippen MR) is 188 cm³/mol. The second kappa shape index (κ2) is 13.5. The molecule has 4 aromatic rings. The monoisotopic (exact) mass is 752 g/mol. The van der Waals surface area contributed by atoms with Crippen molar-refractivity contribution in [3.63, 3.8) is 0 Å². The number of pyridine rings is 1. The number of carboxylic acid groups (broad SMARTS) is 1. The minimum absolute atomic E-state index is 0.0647. The lowest BCUT2D eigenvalue weighted by Gasteiger charge is -2.35. The number of nitrogens with zero attached hydrogens (tertiary/aromatic N) is 5. The van der Waals surface area contributed by atoms with Crippen molar-refractivity contribution in [2.45, 2.75) is 88.6 Å². The summed E-state index contributed by atoms with van der Waals surface area (Å²) in [6.07, 6.45) is 2.79.